The van der Waals surface area contributed by atoms with Gasteiger partial charge >= 0.3 is 5.97 Å². The molecule has 6 nitrogen and oxygen atoms in total. The molecule has 0 aliphatic heterocycles. The quantitative estimate of drug-likeness (QED) is 0.560. The Morgan fingerprint density at radius 1 is 1.35 bits per heavy atom. The average molecular weight is 239 g/mol. The number of carbonyl (C=O) groups excluding carboxylic acids is 2. The van der Waals surface area contributed by atoms with Gasteiger partial charge in [-0.15, -0.1) is 0 Å². The van der Waals surface area contributed by atoms with Crippen LogP contribution in [0.15, 0.2) is 18.2 Å². The molecule has 0 aliphatic carbocycles. The Balaban J connectivity index is 2.96. The molecule has 0 saturated heterocycles. The molecule has 1 aromatic heterocycles. The number of ether oxygens (including phenoxy) is 1. The zero-order valence-corrected chi connectivity index (χ0v) is 9.45. The molecule has 0 radical (unpaired) electrons. The summed E-state index contributed by atoms with van der Waals surface area (Å²) < 4.78 is 4.29. The van der Waals surface area contributed by atoms with Crippen molar-refractivity contribution in [2.24, 2.45) is 0 Å². The van der Waals surface area contributed by atoms with Crippen molar-refractivity contribution < 1.29 is 24.5 Å². The average Bonchev–Trinajstić information content (AvgIpc) is 2.36. The molecule has 6 heteroatoms. The third kappa shape index (κ3) is 3.08. The van der Waals surface area contributed by atoms with Crippen molar-refractivity contribution in [2.75, 3.05) is 7.11 Å². The predicted octanol–water partition coefficient (Wildman–Crippen LogP) is -0.149. The van der Waals surface area contributed by atoms with Gasteiger partial charge in [0.25, 0.3) is 0 Å². The van der Waals surface area contributed by atoms with E-state index >= 15 is 0 Å². The monoisotopic (exact) mass is 239 g/mol. The second-order valence-electron chi connectivity index (χ2n) is 3.42. The highest BCUT2D eigenvalue weighted by Gasteiger charge is 2.27. The van der Waals surface area contributed by atoms with Gasteiger partial charge in [-0.05, 0) is 12.1 Å². The van der Waals surface area contributed by atoms with Gasteiger partial charge in [-0.3, -0.25) is 4.79 Å². The van der Waals surface area contributed by atoms with Crippen LogP contribution in [-0.2, 0) is 9.53 Å². The van der Waals surface area contributed by atoms with Crippen LogP contribution < -0.4 is 0 Å². The standard InChI is InChI=1S/C11H13NO5/c1-6(13)7-4-3-5-8(12-7)9(14)10(15)11(16)17-2/h3-5,9-10,14-15H,1-2H3. The third-order valence-electron chi connectivity index (χ3n) is 2.18. The first kappa shape index (κ1) is 13.3. The molecule has 17 heavy (non-hydrogen) atoms. The number of hydrogen-bond donors (Lipinski definition) is 2. The van der Waals surface area contributed by atoms with Crippen LogP contribution in [0.1, 0.15) is 29.2 Å². The van der Waals surface area contributed by atoms with Gasteiger partial charge < -0.3 is 14.9 Å². The van der Waals surface area contributed by atoms with Crippen LogP contribution in [0, 0.1) is 0 Å². The van der Waals surface area contributed by atoms with Crippen LogP contribution in [0.4, 0.5) is 0 Å². The number of Topliss-reactive ketones (excluding diaryl/α,β-unsaturated/α-hetero) is 1. The molecular weight excluding hydrogens is 226 g/mol. The van der Waals surface area contributed by atoms with Crippen LogP contribution >= 0.6 is 0 Å². The lowest BCUT2D eigenvalue weighted by Gasteiger charge is -2.15. The zero-order valence-electron chi connectivity index (χ0n) is 9.45. The molecule has 2 unspecified atom stereocenters. The van der Waals surface area contributed by atoms with E-state index in [1.165, 1.54) is 25.1 Å². The number of nitrogens with zero attached hydrogens (tertiary/aromatic N) is 1. The van der Waals surface area contributed by atoms with E-state index in [0.717, 1.165) is 7.11 Å². The first-order valence-corrected chi connectivity index (χ1v) is 4.89. The van der Waals surface area contributed by atoms with Crippen LogP contribution in [0.2, 0.25) is 0 Å². The topological polar surface area (TPSA) is 96.7 Å². The number of pyridine rings is 1. The van der Waals surface area contributed by atoms with E-state index in [1.807, 2.05) is 0 Å². The molecule has 2 atom stereocenters. The summed E-state index contributed by atoms with van der Waals surface area (Å²) in [6.45, 7) is 1.33. The molecule has 1 heterocycles. The van der Waals surface area contributed by atoms with Crippen molar-refractivity contribution in [2.45, 2.75) is 19.1 Å². The lowest BCUT2D eigenvalue weighted by atomic mass is 10.1. The Hall–Kier alpha value is -1.79. The maximum absolute atomic E-state index is 11.1. The number of methoxy groups -OCH3 is 1. The summed E-state index contributed by atoms with van der Waals surface area (Å²) in [5.74, 6) is -1.24. The second-order valence-corrected chi connectivity index (χ2v) is 3.42. The summed E-state index contributed by atoms with van der Waals surface area (Å²) in [5.41, 5.74) is 0.189. The lowest BCUT2D eigenvalue weighted by Crippen LogP contribution is -2.29. The Morgan fingerprint density at radius 3 is 2.53 bits per heavy atom. The van der Waals surface area contributed by atoms with E-state index < -0.39 is 18.2 Å². The van der Waals surface area contributed by atoms with E-state index in [4.69, 9.17) is 0 Å². The minimum absolute atomic E-state index is 0.0376. The van der Waals surface area contributed by atoms with Gasteiger partial charge in [-0.25, -0.2) is 9.78 Å². The second kappa shape index (κ2) is 5.51. The van der Waals surface area contributed by atoms with Crippen molar-refractivity contribution >= 4 is 11.8 Å². The predicted molar refractivity (Wildman–Crippen MR) is 57.2 cm³/mol. The summed E-state index contributed by atoms with van der Waals surface area (Å²) in [5, 5.41) is 19.1. The first-order chi connectivity index (χ1) is 7.97. The van der Waals surface area contributed by atoms with Crippen molar-refractivity contribution in [3.63, 3.8) is 0 Å². The van der Waals surface area contributed by atoms with E-state index in [2.05, 4.69) is 9.72 Å². The minimum Gasteiger partial charge on any atom is -0.467 e. The van der Waals surface area contributed by atoms with Gasteiger partial charge in [-0.2, -0.15) is 0 Å². The van der Waals surface area contributed by atoms with Crippen LogP contribution in [-0.4, -0.2) is 40.2 Å². The number of carbonyl (C=O) groups is 2. The van der Waals surface area contributed by atoms with E-state index in [0.29, 0.717) is 0 Å². The van der Waals surface area contributed by atoms with Gasteiger partial charge in [0.05, 0.1) is 12.8 Å². The molecule has 1 rings (SSSR count). The maximum atomic E-state index is 11.1. The van der Waals surface area contributed by atoms with Crippen LogP contribution in [0.3, 0.4) is 0 Å². The summed E-state index contributed by atoms with van der Waals surface area (Å²) >= 11 is 0. The molecule has 0 bridgehead atoms. The summed E-state index contributed by atoms with van der Waals surface area (Å²) in [7, 11) is 1.09. The largest absolute Gasteiger partial charge is 0.467 e. The molecule has 1 aromatic rings. The number of rotatable bonds is 4. The van der Waals surface area contributed by atoms with Gasteiger partial charge in [-0.1, -0.05) is 6.07 Å². The number of esters is 1. The highest BCUT2D eigenvalue weighted by atomic mass is 16.5. The molecule has 0 amide bonds. The molecule has 92 valence electrons. The fourth-order valence-corrected chi connectivity index (χ4v) is 1.22. The van der Waals surface area contributed by atoms with Gasteiger partial charge in [0.2, 0.25) is 0 Å². The normalized spacial score (nSPS) is 13.9. The SMILES string of the molecule is COC(=O)C(O)C(O)c1cccc(C(C)=O)n1. The van der Waals surface area contributed by atoms with Crippen molar-refractivity contribution in [1.29, 1.82) is 0 Å². The van der Waals surface area contributed by atoms with Crippen LogP contribution in [0.5, 0.6) is 0 Å². The van der Waals surface area contributed by atoms with Crippen molar-refractivity contribution in [3.8, 4) is 0 Å². The van der Waals surface area contributed by atoms with E-state index in [9.17, 15) is 19.8 Å². The molecule has 0 fully saturated rings. The zero-order chi connectivity index (χ0) is 13.0. The minimum atomic E-state index is -1.73. The fourth-order valence-electron chi connectivity index (χ4n) is 1.22. The van der Waals surface area contributed by atoms with Gasteiger partial charge in [0.1, 0.15) is 11.8 Å². The van der Waals surface area contributed by atoms with Crippen molar-refractivity contribution in [3.05, 3.63) is 29.6 Å². The molecule has 0 aliphatic rings. The number of aliphatic hydroxyl groups is 2. The van der Waals surface area contributed by atoms with E-state index in [1.54, 1.807) is 0 Å². The van der Waals surface area contributed by atoms with Crippen molar-refractivity contribution in [1.82, 2.24) is 4.98 Å². The smallest absolute Gasteiger partial charge is 0.337 e. The number of aliphatic hydroxyl groups excluding tert-OH is 2. The molecular formula is C11H13NO5. The Labute approximate surface area is 97.9 Å². The summed E-state index contributed by atoms with van der Waals surface area (Å²) in [6, 6.07) is 4.39. The molecule has 2 N–H and O–H groups in total. The number of aromatic nitrogens is 1. The lowest BCUT2D eigenvalue weighted by molar-refractivity contribution is -0.157. The fraction of sp³-hybridized carbons (Fsp3) is 0.364. The Kier molecular flexibility index (Phi) is 4.30. The molecule has 0 saturated carbocycles. The Morgan fingerprint density at radius 2 is 2.00 bits per heavy atom. The first-order valence-electron chi connectivity index (χ1n) is 4.89. The number of hydrogen-bond acceptors (Lipinski definition) is 6. The highest BCUT2D eigenvalue weighted by Crippen LogP contribution is 2.16. The maximum Gasteiger partial charge on any atom is 0.337 e. The van der Waals surface area contributed by atoms with Crippen LogP contribution in [0.25, 0.3) is 0 Å². The van der Waals surface area contributed by atoms with Gasteiger partial charge in [0.15, 0.2) is 11.9 Å². The number of ketones is 1. The highest BCUT2D eigenvalue weighted by molar-refractivity contribution is 5.92. The molecule has 0 spiro atoms. The third-order valence-corrected chi connectivity index (χ3v) is 2.18. The van der Waals surface area contributed by atoms with Gasteiger partial charge in [0, 0.05) is 6.92 Å². The summed E-state index contributed by atoms with van der Waals surface area (Å²) in [6.07, 6.45) is -3.25. The van der Waals surface area contributed by atoms with E-state index in [-0.39, 0.29) is 17.2 Å². The Bertz CT molecular complexity index is 432. The summed E-state index contributed by atoms with van der Waals surface area (Å²) in [4.78, 5) is 25.9. The molecule has 0 aromatic carbocycles.